The van der Waals surface area contributed by atoms with E-state index >= 15 is 0 Å². The minimum Gasteiger partial charge on any atom is -0.283 e. The number of fused-ring (bicyclic) bond motifs is 1. The van der Waals surface area contributed by atoms with Gasteiger partial charge < -0.3 is 0 Å². The molecule has 1 fully saturated rings. The first kappa shape index (κ1) is 14.3. The van der Waals surface area contributed by atoms with E-state index in [0.717, 1.165) is 10.8 Å². The Bertz CT molecular complexity index is 888. The lowest BCUT2D eigenvalue weighted by atomic mass is 10.1. The van der Waals surface area contributed by atoms with Crippen LogP contribution < -0.4 is 4.72 Å². The molecule has 21 heavy (non-hydrogen) atoms. The topological polar surface area (TPSA) is 80.3 Å². The number of anilines is 1. The summed E-state index contributed by atoms with van der Waals surface area (Å²) < 4.78 is 49.8. The summed E-state index contributed by atoms with van der Waals surface area (Å²) in [5.74, 6) is -0.355. The van der Waals surface area contributed by atoms with E-state index in [1.54, 1.807) is 12.1 Å². The first-order chi connectivity index (χ1) is 9.86. The van der Waals surface area contributed by atoms with Crippen LogP contribution in [0.3, 0.4) is 0 Å². The molecule has 3 rings (SSSR count). The van der Waals surface area contributed by atoms with Crippen LogP contribution in [0, 0.1) is 0 Å². The maximum absolute atomic E-state index is 12.3. The van der Waals surface area contributed by atoms with Crippen LogP contribution in [0.15, 0.2) is 42.5 Å². The highest BCUT2D eigenvalue weighted by atomic mass is 32.2. The largest absolute Gasteiger partial charge is 0.283 e. The Kier molecular flexibility index (Phi) is 3.41. The molecule has 1 aliphatic rings. The zero-order chi connectivity index (χ0) is 15.1. The number of rotatable bonds is 3. The maximum atomic E-state index is 12.3. The van der Waals surface area contributed by atoms with E-state index in [2.05, 4.69) is 4.72 Å². The average molecular weight is 325 g/mol. The van der Waals surface area contributed by atoms with Crippen molar-refractivity contribution in [1.82, 2.24) is 0 Å². The van der Waals surface area contributed by atoms with Crippen LogP contribution in [-0.4, -0.2) is 33.6 Å². The molecule has 1 saturated heterocycles. The Morgan fingerprint density at radius 3 is 2.43 bits per heavy atom. The van der Waals surface area contributed by atoms with Crippen molar-refractivity contribution < 1.29 is 16.8 Å². The number of hydrogen-bond acceptors (Lipinski definition) is 4. The second kappa shape index (κ2) is 4.99. The maximum Gasteiger partial charge on any atom is 0.236 e. The van der Waals surface area contributed by atoms with Gasteiger partial charge in [-0.1, -0.05) is 30.3 Å². The van der Waals surface area contributed by atoms with Crippen LogP contribution in [0.5, 0.6) is 0 Å². The van der Waals surface area contributed by atoms with Crippen LogP contribution in [0.1, 0.15) is 6.42 Å². The zero-order valence-electron chi connectivity index (χ0n) is 11.2. The standard InChI is InChI=1S/C14H15NO4S2/c16-20(17)8-7-14(10-20)21(18,19)15-13-6-5-11-3-1-2-4-12(11)9-13/h1-6,9,14-15H,7-8,10H2. The summed E-state index contributed by atoms with van der Waals surface area (Å²) in [6.07, 6.45) is 0.158. The Balaban J connectivity index is 1.87. The molecule has 0 amide bonds. The molecule has 1 aliphatic heterocycles. The Labute approximate surface area is 124 Å². The molecule has 1 N–H and O–H groups in total. The molecule has 1 heterocycles. The van der Waals surface area contributed by atoms with Gasteiger partial charge in [0.1, 0.15) is 0 Å². The van der Waals surface area contributed by atoms with Crippen molar-refractivity contribution in [3.63, 3.8) is 0 Å². The third-order valence-electron chi connectivity index (χ3n) is 3.64. The van der Waals surface area contributed by atoms with Crippen molar-refractivity contribution in [2.75, 3.05) is 16.2 Å². The third-order valence-corrected chi connectivity index (χ3v) is 7.42. The molecule has 0 saturated carbocycles. The summed E-state index contributed by atoms with van der Waals surface area (Å²) >= 11 is 0. The highest BCUT2D eigenvalue weighted by Gasteiger charge is 2.37. The number of sulfonamides is 1. The van der Waals surface area contributed by atoms with E-state index in [0.29, 0.717) is 5.69 Å². The summed E-state index contributed by atoms with van der Waals surface area (Å²) in [6.45, 7) is 0. The molecule has 2 aromatic carbocycles. The molecular weight excluding hydrogens is 310 g/mol. The predicted octanol–water partition coefficient (Wildman–Crippen LogP) is 1.77. The Morgan fingerprint density at radius 2 is 1.76 bits per heavy atom. The lowest BCUT2D eigenvalue weighted by Crippen LogP contribution is -2.28. The highest BCUT2D eigenvalue weighted by molar-refractivity contribution is 7.97. The van der Waals surface area contributed by atoms with Crippen molar-refractivity contribution >= 4 is 36.3 Å². The number of sulfone groups is 1. The van der Waals surface area contributed by atoms with Gasteiger partial charge in [0.2, 0.25) is 10.0 Å². The summed E-state index contributed by atoms with van der Waals surface area (Å²) in [4.78, 5) is 0. The van der Waals surface area contributed by atoms with Gasteiger partial charge in [-0.25, -0.2) is 16.8 Å². The molecule has 1 unspecified atom stereocenters. The van der Waals surface area contributed by atoms with Gasteiger partial charge in [-0.15, -0.1) is 0 Å². The monoisotopic (exact) mass is 325 g/mol. The SMILES string of the molecule is O=S1(=O)CCC(S(=O)(=O)Nc2ccc3ccccc3c2)C1. The van der Waals surface area contributed by atoms with Gasteiger partial charge in [-0.2, -0.15) is 0 Å². The van der Waals surface area contributed by atoms with Crippen molar-refractivity contribution in [3.8, 4) is 0 Å². The fourth-order valence-electron chi connectivity index (χ4n) is 2.51. The predicted molar refractivity (Wildman–Crippen MR) is 83.5 cm³/mol. The molecule has 1 atom stereocenters. The van der Waals surface area contributed by atoms with E-state index in [1.165, 1.54) is 0 Å². The van der Waals surface area contributed by atoms with E-state index in [4.69, 9.17) is 0 Å². The molecule has 0 radical (unpaired) electrons. The second-order valence-electron chi connectivity index (χ2n) is 5.23. The number of nitrogens with one attached hydrogen (secondary N) is 1. The van der Waals surface area contributed by atoms with Gasteiger partial charge in [0.25, 0.3) is 0 Å². The van der Waals surface area contributed by atoms with Crippen molar-refractivity contribution in [2.24, 2.45) is 0 Å². The zero-order valence-corrected chi connectivity index (χ0v) is 12.8. The summed E-state index contributed by atoms with van der Waals surface area (Å²) in [6, 6.07) is 12.9. The van der Waals surface area contributed by atoms with Gasteiger partial charge in [-0.3, -0.25) is 4.72 Å². The van der Waals surface area contributed by atoms with Gasteiger partial charge in [0, 0.05) is 5.69 Å². The average Bonchev–Trinajstić information content (AvgIpc) is 2.79. The summed E-state index contributed by atoms with van der Waals surface area (Å²) in [5.41, 5.74) is 0.456. The lowest BCUT2D eigenvalue weighted by Gasteiger charge is -2.13. The Morgan fingerprint density at radius 1 is 1.05 bits per heavy atom. The van der Waals surface area contributed by atoms with Crippen LogP contribution in [0.4, 0.5) is 5.69 Å². The van der Waals surface area contributed by atoms with Crippen LogP contribution >= 0.6 is 0 Å². The fourth-order valence-corrected chi connectivity index (χ4v) is 6.59. The molecule has 5 nitrogen and oxygen atoms in total. The van der Waals surface area contributed by atoms with Gasteiger partial charge in [0.05, 0.1) is 16.8 Å². The minimum absolute atomic E-state index is 0.0592. The van der Waals surface area contributed by atoms with Crippen molar-refractivity contribution in [2.45, 2.75) is 11.7 Å². The molecule has 0 aliphatic carbocycles. The Hall–Kier alpha value is -1.60. The van der Waals surface area contributed by atoms with E-state index in [1.807, 2.05) is 30.3 Å². The van der Waals surface area contributed by atoms with Crippen LogP contribution in [-0.2, 0) is 19.9 Å². The van der Waals surface area contributed by atoms with Gasteiger partial charge in [0.15, 0.2) is 9.84 Å². The van der Waals surface area contributed by atoms with Gasteiger partial charge in [-0.05, 0) is 29.3 Å². The fraction of sp³-hybridized carbons (Fsp3) is 0.286. The summed E-state index contributed by atoms with van der Waals surface area (Å²) in [5, 5.41) is 1.08. The number of benzene rings is 2. The molecular formula is C14H15NO4S2. The van der Waals surface area contributed by atoms with Crippen LogP contribution in [0.25, 0.3) is 10.8 Å². The lowest BCUT2D eigenvalue weighted by molar-refractivity contribution is 0.587. The second-order valence-corrected chi connectivity index (χ2v) is 9.42. The molecule has 0 bridgehead atoms. The first-order valence-electron chi connectivity index (χ1n) is 6.57. The molecule has 0 spiro atoms. The van der Waals surface area contributed by atoms with Crippen LogP contribution in [0.2, 0.25) is 0 Å². The molecule has 7 heteroatoms. The van der Waals surface area contributed by atoms with E-state index in [-0.39, 0.29) is 17.9 Å². The minimum atomic E-state index is -3.68. The third kappa shape index (κ3) is 3.03. The molecule has 2 aromatic rings. The van der Waals surface area contributed by atoms with E-state index < -0.39 is 25.1 Å². The van der Waals surface area contributed by atoms with Gasteiger partial charge >= 0.3 is 0 Å². The first-order valence-corrected chi connectivity index (χ1v) is 9.93. The normalized spacial score (nSPS) is 21.4. The van der Waals surface area contributed by atoms with Crippen molar-refractivity contribution in [1.29, 1.82) is 0 Å². The highest BCUT2D eigenvalue weighted by Crippen LogP contribution is 2.24. The van der Waals surface area contributed by atoms with Crippen molar-refractivity contribution in [3.05, 3.63) is 42.5 Å². The quantitative estimate of drug-likeness (QED) is 0.932. The van der Waals surface area contributed by atoms with E-state index in [9.17, 15) is 16.8 Å². The molecule has 0 aromatic heterocycles. The molecule has 112 valence electrons. The smallest absolute Gasteiger partial charge is 0.236 e. The number of hydrogen-bond donors (Lipinski definition) is 1. The summed E-state index contributed by atoms with van der Waals surface area (Å²) in [7, 11) is -6.91.